The fourth-order valence-corrected chi connectivity index (χ4v) is 3.00. The van der Waals surface area contributed by atoms with Crippen molar-refractivity contribution >= 4 is 5.91 Å². The van der Waals surface area contributed by atoms with E-state index in [4.69, 9.17) is 9.47 Å². The number of carbonyl (C=O) groups excluding carboxylic acids is 1. The van der Waals surface area contributed by atoms with Gasteiger partial charge >= 0.3 is 0 Å². The van der Waals surface area contributed by atoms with Crippen LogP contribution in [0, 0.1) is 0 Å². The van der Waals surface area contributed by atoms with Gasteiger partial charge in [-0.2, -0.15) is 5.10 Å². The Balaban J connectivity index is 1.47. The second-order valence-electron chi connectivity index (χ2n) is 6.12. The number of fused-ring (bicyclic) bond motifs is 1. The van der Waals surface area contributed by atoms with E-state index in [2.05, 4.69) is 10.4 Å². The highest BCUT2D eigenvalue weighted by molar-refractivity contribution is 5.79. The normalized spacial score (nSPS) is 13.4. The largest absolute Gasteiger partial charge is 0.454 e. The standard InChI is InChI=1S/C20H19N3O3/c24-20(12-15-7-8-18-19(11-15)26-14-25-18)22-17(13-23-10-4-9-21-23)16-5-2-1-3-6-16/h1-11,17H,12-14H2,(H,22,24)/t17-/m0/s1. The minimum Gasteiger partial charge on any atom is -0.454 e. The molecule has 6 heteroatoms. The van der Waals surface area contributed by atoms with Gasteiger partial charge in [-0.3, -0.25) is 9.48 Å². The summed E-state index contributed by atoms with van der Waals surface area (Å²) in [6.07, 6.45) is 3.90. The molecule has 1 N–H and O–H groups in total. The number of nitrogens with one attached hydrogen (secondary N) is 1. The van der Waals surface area contributed by atoms with Gasteiger partial charge in [-0.25, -0.2) is 0 Å². The van der Waals surface area contributed by atoms with Crippen LogP contribution >= 0.6 is 0 Å². The molecule has 1 aliphatic rings. The molecule has 0 fully saturated rings. The van der Waals surface area contributed by atoms with E-state index < -0.39 is 0 Å². The van der Waals surface area contributed by atoms with Gasteiger partial charge in [0.15, 0.2) is 11.5 Å². The summed E-state index contributed by atoms with van der Waals surface area (Å²) in [5, 5.41) is 7.36. The van der Waals surface area contributed by atoms with Crippen LogP contribution in [0.2, 0.25) is 0 Å². The van der Waals surface area contributed by atoms with Crippen LogP contribution in [0.15, 0.2) is 67.0 Å². The van der Waals surface area contributed by atoms with Crippen molar-refractivity contribution in [3.05, 3.63) is 78.1 Å². The van der Waals surface area contributed by atoms with E-state index in [-0.39, 0.29) is 25.2 Å². The van der Waals surface area contributed by atoms with E-state index in [9.17, 15) is 4.79 Å². The van der Waals surface area contributed by atoms with Crippen molar-refractivity contribution in [2.45, 2.75) is 19.0 Å². The second kappa shape index (κ2) is 7.31. The van der Waals surface area contributed by atoms with E-state index in [1.807, 2.05) is 65.5 Å². The molecule has 1 atom stereocenters. The fourth-order valence-electron chi connectivity index (χ4n) is 3.00. The summed E-state index contributed by atoms with van der Waals surface area (Å²) in [5.74, 6) is 1.35. The minimum absolute atomic E-state index is 0.0510. The van der Waals surface area contributed by atoms with Crippen LogP contribution in [-0.2, 0) is 17.8 Å². The predicted octanol–water partition coefficient (Wildman–Crippen LogP) is 2.71. The smallest absolute Gasteiger partial charge is 0.231 e. The van der Waals surface area contributed by atoms with Gasteiger partial charge in [0, 0.05) is 12.4 Å². The van der Waals surface area contributed by atoms with E-state index in [0.29, 0.717) is 12.3 Å². The third-order valence-electron chi connectivity index (χ3n) is 4.27. The molecule has 0 radical (unpaired) electrons. The van der Waals surface area contributed by atoms with Gasteiger partial charge in [-0.15, -0.1) is 0 Å². The van der Waals surface area contributed by atoms with Crippen LogP contribution in [0.3, 0.4) is 0 Å². The zero-order valence-corrected chi connectivity index (χ0v) is 14.2. The van der Waals surface area contributed by atoms with Crippen LogP contribution in [0.4, 0.5) is 0 Å². The van der Waals surface area contributed by atoms with Crippen molar-refractivity contribution in [2.24, 2.45) is 0 Å². The van der Waals surface area contributed by atoms with E-state index in [1.165, 1.54) is 0 Å². The highest BCUT2D eigenvalue weighted by Gasteiger charge is 2.18. The molecule has 132 valence electrons. The van der Waals surface area contributed by atoms with Gasteiger partial charge in [0.05, 0.1) is 19.0 Å². The number of benzene rings is 2. The van der Waals surface area contributed by atoms with Crippen molar-refractivity contribution < 1.29 is 14.3 Å². The van der Waals surface area contributed by atoms with Crippen LogP contribution < -0.4 is 14.8 Å². The Bertz CT molecular complexity index is 879. The van der Waals surface area contributed by atoms with E-state index in [1.54, 1.807) is 6.20 Å². The number of hydrogen-bond donors (Lipinski definition) is 1. The van der Waals surface area contributed by atoms with Crippen molar-refractivity contribution in [1.29, 1.82) is 0 Å². The van der Waals surface area contributed by atoms with Crippen LogP contribution in [0.5, 0.6) is 11.5 Å². The molecule has 2 heterocycles. The summed E-state index contributed by atoms with van der Waals surface area (Å²) in [7, 11) is 0. The monoisotopic (exact) mass is 349 g/mol. The van der Waals surface area contributed by atoms with Crippen molar-refractivity contribution in [3.63, 3.8) is 0 Å². The third-order valence-corrected chi connectivity index (χ3v) is 4.27. The summed E-state index contributed by atoms with van der Waals surface area (Å²) >= 11 is 0. The lowest BCUT2D eigenvalue weighted by Gasteiger charge is -2.19. The minimum atomic E-state index is -0.155. The molecule has 2 aromatic carbocycles. The average Bonchev–Trinajstić information content (AvgIpc) is 3.33. The SMILES string of the molecule is O=C(Cc1ccc2c(c1)OCO2)N[C@@H](Cn1cccn1)c1ccccc1. The molecule has 0 spiro atoms. The number of rotatable bonds is 6. The molecule has 0 bridgehead atoms. The Hall–Kier alpha value is -3.28. The number of aromatic nitrogens is 2. The highest BCUT2D eigenvalue weighted by atomic mass is 16.7. The average molecular weight is 349 g/mol. The molecule has 1 aliphatic heterocycles. The third kappa shape index (κ3) is 3.69. The van der Waals surface area contributed by atoms with Crippen molar-refractivity contribution in [1.82, 2.24) is 15.1 Å². The van der Waals surface area contributed by atoms with Gasteiger partial charge in [0.1, 0.15) is 0 Å². The number of amides is 1. The highest BCUT2D eigenvalue weighted by Crippen LogP contribution is 2.32. The molecule has 1 amide bonds. The van der Waals surface area contributed by atoms with Crippen LogP contribution in [0.1, 0.15) is 17.2 Å². The molecule has 6 nitrogen and oxygen atoms in total. The van der Waals surface area contributed by atoms with Gasteiger partial charge in [0.2, 0.25) is 12.7 Å². The van der Waals surface area contributed by atoms with Gasteiger partial charge < -0.3 is 14.8 Å². The topological polar surface area (TPSA) is 65.4 Å². The molecule has 0 saturated carbocycles. The maximum atomic E-state index is 12.6. The molecule has 1 aromatic heterocycles. The summed E-state index contributed by atoms with van der Waals surface area (Å²) in [6.45, 7) is 0.800. The Kier molecular flexibility index (Phi) is 4.55. The lowest BCUT2D eigenvalue weighted by Crippen LogP contribution is -2.32. The summed E-state index contributed by atoms with van der Waals surface area (Å²) < 4.78 is 12.5. The zero-order valence-electron chi connectivity index (χ0n) is 14.2. The molecule has 0 aliphatic carbocycles. The second-order valence-corrected chi connectivity index (χ2v) is 6.12. The van der Waals surface area contributed by atoms with Crippen LogP contribution in [0.25, 0.3) is 0 Å². The predicted molar refractivity (Wildman–Crippen MR) is 95.8 cm³/mol. The first kappa shape index (κ1) is 16.2. The van der Waals surface area contributed by atoms with Crippen LogP contribution in [-0.4, -0.2) is 22.5 Å². The first-order valence-electron chi connectivity index (χ1n) is 8.48. The number of hydrogen-bond acceptors (Lipinski definition) is 4. The lowest BCUT2D eigenvalue weighted by atomic mass is 10.1. The zero-order chi connectivity index (χ0) is 17.8. The number of nitrogens with zero attached hydrogens (tertiary/aromatic N) is 2. The van der Waals surface area contributed by atoms with Gasteiger partial charge in [-0.1, -0.05) is 36.4 Å². The number of ether oxygens (including phenoxy) is 2. The maximum absolute atomic E-state index is 12.6. The molecule has 4 rings (SSSR count). The Morgan fingerprint density at radius 3 is 2.77 bits per heavy atom. The molecular weight excluding hydrogens is 330 g/mol. The Morgan fingerprint density at radius 1 is 1.12 bits per heavy atom. The van der Waals surface area contributed by atoms with Gasteiger partial charge in [-0.05, 0) is 29.3 Å². The van der Waals surface area contributed by atoms with Crippen molar-refractivity contribution in [3.8, 4) is 11.5 Å². The summed E-state index contributed by atoms with van der Waals surface area (Å²) in [6, 6.07) is 17.2. The van der Waals surface area contributed by atoms with Gasteiger partial charge in [0.25, 0.3) is 0 Å². The molecule has 3 aromatic rings. The fraction of sp³-hybridized carbons (Fsp3) is 0.200. The first-order valence-corrected chi connectivity index (χ1v) is 8.48. The first-order chi connectivity index (χ1) is 12.8. The lowest BCUT2D eigenvalue weighted by molar-refractivity contribution is -0.121. The number of carbonyl (C=O) groups is 1. The van der Waals surface area contributed by atoms with Crippen molar-refractivity contribution in [2.75, 3.05) is 6.79 Å². The molecule has 0 unspecified atom stereocenters. The van der Waals surface area contributed by atoms with E-state index in [0.717, 1.165) is 16.9 Å². The Morgan fingerprint density at radius 2 is 1.96 bits per heavy atom. The summed E-state index contributed by atoms with van der Waals surface area (Å²) in [4.78, 5) is 12.6. The molecule has 0 saturated heterocycles. The molecule has 26 heavy (non-hydrogen) atoms. The Labute approximate surface area is 151 Å². The summed E-state index contributed by atoms with van der Waals surface area (Å²) in [5.41, 5.74) is 1.93. The molecular formula is C20H19N3O3. The quantitative estimate of drug-likeness (QED) is 0.743. The van der Waals surface area contributed by atoms with E-state index >= 15 is 0 Å². The maximum Gasteiger partial charge on any atom is 0.231 e.